The summed E-state index contributed by atoms with van der Waals surface area (Å²) < 4.78 is 10.8. The van der Waals surface area contributed by atoms with E-state index in [4.69, 9.17) is 9.47 Å². The minimum atomic E-state index is -1.59. The van der Waals surface area contributed by atoms with Gasteiger partial charge in [0.05, 0.1) is 32.0 Å². The van der Waals surface area contributed by atoms with E-state index in [9.17, 15) is 44.4 Å². The average molecular weight is 720 g/mol. The van der Waals surface area contributed by atoms with Crippen molar-refractivity contribution in [1.29, 1.82) is 0 Å². The van der Waals surface area contributed by atoms with Gasteiger partial charge in [0.1, 0.15) is 30.2 Å². The molecule has 17 heteroatoms. The largest absolute Gasteiger partial charge is 0.462 e. The molecule has 44 heavy (non-hydrogen) atoms. The molecule has 1 aliphatic heterocycles. The van der Waals surface area contributed by atoms with Gasteiger partial charge in [0.15, 0.2) is 0 Å². The van der Waals surface area contributed by atoms with Crippen molar-refractivity contribution >= 4 is 46.2 Å². The van der Waals surface area contributed by atoms with E-state index in [2.05, 4.69) is 21.3 Å². The molecule has 0 aliphatic carbocycles. The monoisotopic (exact) mass is 719 g/mol. The molecule has 1 aliphatic rings. The van der Waals surface area contributed by atoms with E-state index in [0.29, 0.717) is 11.3 Å². The van der Waals surface area contributed by atoms with Crippen LogP contribution in [0.4, 0.5) is 5.69 Å². The number of thioether (sulfide) groups is 1. The minimum absolute atomic E-state index is 0. The molecular formula is C27H32N4O11STc. The summed E-state index contributed by atoms with van der Waals surface area (Å²) in [5.41, 5.74) is 0.795. The summed E-state index contributed by atoms with van der Waals surface area (Å²) in [6.07, 6.45) is -7.18. The summed E-state index contributed by atoms with van der Waals surface area (Å²) in [6, 6.07) is 14.2. The van der Waals surface area contributed by atoms with Gasteiger partial charge in [-0.2, -0.15) is 0 Å². The number of aliphatic hydroxyl groups is 4. The Kier molecular flexibility index (Phi) is 15.4. The third-order valence-corrected chi connectivity index (χ3v) is 6.83. The molecule has 5 atom stereocenters. The first-order chi connectivity index (χ1) is 20.6. The fourth-order valence-electron chi connectivity index (χ4n) is 3.62. The average Bonchev–Trinajstić information content (AvgIpc) is 3.02. The predicted octanol–water partition coefficient (Wildman–Crippen LogP) is -2.28. The van der Waals surface area contributed by atoms with Gasteiger partial charge < -0.3 is 51.2 Å². The Morgan fingerprint density at radius 3 is 1.91 bits per heavy atom. The maximum absolute atomic E-state index is 12.2. The molecular weight excluding hydrogens is 687 g/mol. The molecule has 15 nitrogen and oxygen atoms in total. The third-order valence-electron chi connectivity index (χ3n) is 5.92. The quantitative estimate of drug-likeness (QED) is 0.110. The number of hydrogen-bond donors (Lipinski definition) is 8. The van der Waals surface area contributed by atoms with E-state index < -0.39 is 80.6 Å². The molecule has 3 rings (SSSR count). The van der Waals surface area contributed by atoms with E-state index in [1.165, 1.54) is 24.3 Å². The first kappa shape index (κ1) is 36.8. The van der Waals surface area contributed by atoms with Crippen LogP contribution in [0.15, 0.2) is 54.6 Å². The molecule has 0 unspecified atom stereocenters. The normalized spacial score (nSPS) is 20.8. The Bertz CT molecular complexity index is 1270. The summed E-state index contributed by atoms with van der Waals surface area (Å²) in [4.78, 5) is 59.9. The van der Waals surface area contributed by atoms with Crippen molar-refractivity contribution in [1.82, 2.24) is 16.0 Å². The second-order valence-electron chi connectivity index (χ2n) is 9.16. The molecule has 1 radical (unpaired) electrons. The van der Waals surface area contributed by atoms with E-state index in [-0.39, 0.29) is 36.7 Å². The van der Waals surface area contributed by atoms with Gasteiger partial charge in [0.2, 0.25) is 35.0 Å². The first-order valence-electron chi connectivity index (χ1n) is 13.0. The number of aliphatic hydroxyl groups excluding tert-OH is 4. The molecule has 1 heterocycles. The standard InChI is InChI=1S/C27H32N4O11S.Tc/c32-13-18-23(37)24(38)25(39)27(42-18)41-17-8-6-16(7-9-17)31-21(35)12-29-19(33)10-28-20(34)11-30-22(36)14-43-26(40)15-4-2-1-3-5-15;/h1-9,18,23-25,27,32,37-39H,10-14H2,(H,28,34)(H,29,33)(H,30,36)(H,31,35);/t18-,23-,24+,25-,27-;/m1./s1/i;1+1. The second kappa shape index (κ2) is 18.4. The molecule has 2 aromatic rings. The van der Waals surface area contributed by atoms with Crippen LogP contribution >= 0.6 is 11.8 Å². The second-order valence-corrected chi connectivity index (χ2v) is 10.1. The minimum Gasteiger partial charge on any atom is -0.462 e. The molecule has 2 aromatic carbocycles. The fraction of sp³-hybridized carbons (Fsp3) is 0.370. The smallest absolute Gasteiger partial charge is 0.243 e. The Morgan fingerprint density at radius 2 is 1.32 bits per heavy atom. The summed E-state index contributed by atoms with van der Waals surface area (Å²) >= 11 is 0.797. The molecule has 0 spiro atoms. The van der Waals surface area contributed by atoms with Gasteiger partial charge in [-0.3, -0.25) is 24.0 Å². The van der Waals surface area contributed by atoms with Crippen LogP contribution in [0.1, 0.15) is 10.4 Å². The summed E-state index contributed by atoms with van der Waals surface area (Å²) in [7, 11) is 0. The molecule has 239 valence electrons. The first-order valence-corrected chi connectivity index (χ1v) is 13.9. The van der Waals surface area contributed by atoms with E-state index in [1.807, 2.05) is 0 Å². The van der Waals surface area contributed by atoms with Crippen molar-refractivity contribution in [3.05, 3.63) is 60.2 Å². The molecule has 8 N–H and O–H groups in total. The third kappa shape index (κ3) is 11.6. The van der Waals surface area contributed by atoms with Crippen LogP contribution in [0.2, 0.25) is 0 Å². The van der Waals surface area contributed by atoms with E-state index >= 15 is 0 Å². The maximum atomic E-state index is 12.2. The van der Waals surface area contributed by atoms with Crippen molar-refractivity contribution in [2.24, 2.45) is 0 Å². The summed E-state index contributed by atoms with van der Waals surface area (Å²) in [5.74, 6) is -2.37. The van der Waals surface area contributed by atoms with Crippen molar-refractivity contribution in [3.63, 3.8) is 0 Å². The number of hydrogen-bond acceptors (Lipinski definition) is 12. The topological polar surface area (TPSA) is 233 Å². The van der Waals surface area contributed by atoms with Gasteiger partial charge in [0.25, 0.3) is 0 Å². The zero-order chi connectivity index (χ0) is 31.4. The maximum Gasteiger partial charge on any atom is 0.243 e. The zero-order valence-corrected chi connectivity index (χ0v) is 25.7. The number of carbonyl (C=O) groups is 5. The van der Waals surface area contributed by atoms with Crippen molar-refractivity contribution in [3.8, 4) is 5.75 Å². The van der Waals surface area contributed by atoms with Crippen LogP contribution in [0.3, 0.4) is 0 Å². The summed E-state index contributed by atoms with van der Waals surface area (Å²) in [5, 5.41) is 48.2. The Labute approximate surface area is 269 Å². The van der Waals surface area contributed by atoms with Crippen LogP contribution < -0.4 is 26.0 Å². The Morgan fingerprint density at radius 1 is 0.750 bits per heavy atom. The number of anilines is 1. The van der Waals surface area contributed by atoms with Crippen LogP contribution in [0, 0.1) is 0 Å². The van der Waals surface area contributed by atoms with Crippen LogP contribution in [0.5, 0.6) is 5.75 Å². The summed E-state index contributed by atoms with van der Waals surface area (Å²) in [6.45, 7) is -1.84. The van der Waals surface area contributed by atoms with Gasteiger partial charge in [-0.25, -0.2) is 0 Å². The number of nitrogens with one attached hydrogen (secondary N) is 4. The van der Waals surface area contributed by atoms with Crippen LogP contribution in [-0.4, -0.2) is 112 Å². The number of rotatable bonds is 13. The SMILES string of the molecule is O=C(CNC(=O)CSC(=O)c1ccccc1)NCC(=O)NCC(=O)Nc1ccc(O[C@@H]2O[C@H](CO)[C@@H](O)[C@H](O)[C@H]2O)cc1.[99Tc]. The van der Waals surface area contributed by atoms with Crippen molar-refractivity contribution in [2.75, 3.05) is 37.3 Å². The van der Waals surface area contributed by atoms with Crippen LogP contribution in [0.25, 0.3) is 0 Å². The van der Waals surface area contributed by atoms with E-state index in [0.717, 1.165) is 11.8 Å². The molecule has 1 fully saturated rings. The van der Waals surface area contributed by atoms with Gasteiger partial charge in [0, 0.05) is 31.4 Å². The molecule has 4 amide bonds. The number of benzene rings is 2. The van der Waals surface area contributed by atoms with Gasteiger partial charge in [-0.05, 0) is 24.3 Å². The van der Waals surface area contributed by atoms with Gasteiger partial charge in [-0.1, -0.05) is 42.1 Å². The zero-order valence-electron chi connectivity index (χ0n) is 23.1. The molecule has 0 saturated carbocycles. The Balaban J connectivity index is 0.00000675. The van der Waals surface area contributed by atoms with Gasteiger partial charge in [-0.15, -0.1) is 0 Å². The van der Waals surface area contributed by atoms with Crippen molar-refractivity contribution < 1.29 is 74.0 Å². The van der Waals surface area contributed by atoms with Crippen molar-refractivity contribution in [2.45, 2.75) is 30.7 Å². The number of amides is 4. The van der Waals surface area contributed by atoms with Crippen LogP contribution in [-0.2, 0) is 44.0 Å². The van der Waals surface area contributed by atoms with E-state index in [1.54, 1.807) is 30.3 Å². The predicted molar refractivity (Wildman–Crippen MR) is 152 cm³/mol. The molecule has 0 bridgehead atoms. The Hall–Kier alpha value is -3.41. The van der Waals surface area contributed by atoms with Gasteiger partial charge >= 0.3 is 0 Å². The number of ether oxygens (including phenoxy) is 2. The number of carbonyl (C=O) groups excluding carboxylic acids is 5. The molecule has 0 aromatic heterocycles. The molecule has 1 saturated heterocycles. The fourth-order valence-corrected chi connectivity index (χ4v) is 4.29.